The smallest absolute Gasteiger partial charge is 0.296 e. The highest BCUT2D eigenvalue weighted by molar-refractivity contribution is 7.99. The number of rotatable bonds is 19. The molecule has 0 spiro atoms. The molecule has 0 aliphatic carbocycles. The van der Waals surface area contributed by atoms with E-state index in [0.29, 0.717) is 50.5 Å². The summed E-state index contributed by atoms with van der Waals surface area (Å²) in [7, 11) is -24.3. The van der Waals surface area contributed by atoms with E-state index in [1.165, 1.54) is 28.7 Å². The number of para-hydroxylation sites is 2. The maximum atomic E-state index is 12.6. The first-order valence-corrected chi connectivity index (χ1v) is 31.3. The summed E-state index contributed by atoms with van der Waals surface area (Å²) in [5, 5.41) is 46.4. The number of imidazole rings is 1. The number of nitrogens with zero attached hydrogens (tertiary/aromatic N) is 10. The first kappa shape index (κ1) is 57.2. The minimum Gasteiger partial charge on any atom is -0.493 e. The Hall–Kier alpha value is -7.01. The molecule has 0 fully saturated rings. The van der Waals surface area contributed by atoms with Gasteiger partial charge in [-0.2, -0.15) is 52.5 Å². The van der Waals surface area contributed by atoms with Crippen molar-refractivity contribution in [1.82, 2.24) is 14.4 Å². The Morgan fingerprint density at radius 1 is 0.679 bits per heavy atom. The Kier molecular flexibility index (Phi) is 15.9. The largest absolute Gasteiger partial charge is 0.493 e. The maximum absolute atomic E-state index is 12.6. The number of aromatic hydroxyl groups is 1. The van der Waals surface area contributed by atoms with Crippen LogP contribution >= 0.6 is 23.1 Å². The number of ether oxygens (including phenoxy) is 1. The lowest BCUT2D eigenvalue weighted by Gasteiger charge is -2.12. The molecular formula is C44H38N10O17S7. The van der Waals surface area contributed by atoms with Gasteiger partial charge in [-0.25, -0.2) is 9.97 Å². The van der Waals surface area contributed by atoms with E-state index in [4.69, 9.17) is 4.74 Å². The van der Waals surface area contributed by atoms with Gasteiger partial charge in [0.25, 0.3) is 50.6 Å². The van der Waals surface area contributed by atoms with Crippen molar-refractivity contribution in [1.29, 1.82) is 5.26 Å². The summed E-state index contributed by atoms with van der Waals surface area (Å²) in [6.07, 6.45) is -0.192. The molecule has 0 amide bonds. The zero-order valence-electron chi connectivity index (χ0n) is 40.1. The highest BCUT2D eigenvalue weighted by Gasteiger charge is 2.28. The Morgan fingerprint density at radius 2 is 1.29 bits per heavy atom. The molecule has 408 valence electrons. The molecule has 0 radical (unpaired) electrons. The highest BCUT2D eigenvalue weighted by Crippen LogP contribution is 2.45. The molecule has 6 N–H and O–H groups in total. The average Bonchev–Trinajstić information content (AvgIpc) is 4.01. The fourth-order valence-corrected chi connectivity index (χ4v) is 12.8. The van der Waals surface area contributed by atoms with Gasteiger partial charge in [-0.3, -0.25) is 27.2 Å². The van der Waals surface area contributed by atoms with Crippen molar-refractivity contribution < 1.29 is 74.7 Å². The van der Waals surface area contributed by atoms with E-state index < -0.39 is 87.7 Å². The van der Waals surface area contributed by atoms with E-state index in [1.54, 1.807) is 45.0 Å². The van der Waals surface area contributed by atoms with E-state index in [0.717, 1.165) is 17.8 Å². The number of nitriles is 1. The summed E-state index contributed by atoms with van der Waals surface area (Å²) in [6, 6.07) is 16.7. The van der Waals surface area contributed by atoms with E-state index in [-0.39, 0.29) is 97.3 Å². The van der Waals surface area contributed by atoms with Crippen molar-refractivity contribution in [3.63, 3.8) is 0 Å². The molecule has 0 bridgehead atoms. The van der Waals surface area contributed by atoms with Crippen molar-refractivity contribution in [2.24, 2.45) is 30.7 Å². The first-order valence-electron chi connectivity index (χ1n) is 22.0. The first-order chi connectivity index (χ1) is 36.4. The Balaban J connectivity index is 1.19. The Labute approximate surface area is 450 Å². The molecule has 78 heavy (non-hydrogen) atoms. The summed E-state index contributed by atoms with van der Waals surface area (Å²) in [5.41, 5.74) is 2.35. The Morgan fingerprint density at radius 3 is 1.95 bits per heavy atom. The fourth-order valence-electron chi connectivity index (χ4n) is 7.70. The minimum absolute atomic E-state index is 0.00325. The van der Waals surface area contributed by atoms with Gasteiger partial charge < -0.3 is 9.84 Å². The number of aromatic nitrogens is 3. The molecule has 0 aliphatic heterocycles. The van der Waals surface area contributed by atoms with E-state index in [1.807, 2.05) is 0 Å². The average molecular weight is 1200 g/mol. The zero-order valence-corrected chi connectivity index (χ0v) is 45.8. The van der Waals surface area contributed by atoms with Gasteiger partial charge in [0, 0.05) is 27.3 Å². The number of azo groups is 3. The fraction of sp³-hybridized carbons (Fsp3) is 0.205. The summed E-state index contributed by atoms with van der Waals surface area (Å²) >= 11 is 1.64. The normalized spacial score (nSPS) is 13.1. The van der Waals surface area contributed by atoms with Crippen LogP contribution in [0.1, 0.15) is 35.1 Å². The van der Waals surface area contributed by atoms with Crippen molar-refractivity contribution >= 4 is 145 Å². The molecule has 0 saturated carbocycles. The minimum atomic E-state index is -5.29. The van der Waals surface area contributed by atoms with Gasteiger partial charge >= 0.3 is 0 Å². The molecule has 0 saturated heterocycles. The molecule has 3 aromatic heterocycles. The standard InChI is InChI=1S/C44H38N10O17S7/c1-22-14-32(50-52-39-24(3)28(21-45)42-46-29-8-4-5-9-34(29)54(42)43(39)55)35(71-10-6-12-74(56,57)58)19-30(22)48-51-33-15-23(2)31(20-36(33)72-11-7-13-75(59,60)61)49-53-44-47-40-38(78(68,69)70)18-26-27(41(40)73-44)16-25(76(62,63)64)17-37(26)77(65,66)67/h4-5,8-9,14-20,55H,6-7,10-13H2,1-3H3,(H,56,57,58)(H,59,60,61)(H,62,63,64)(H,65,66,67)(H,68,69,70). The molecule has 8 aromatic rings. The predicted molar refractivity (Wildman–Crippen MR) is 284 cm³/mol. The third kappa shape index (κ3) is 12.6. The van der Waals surface area contributed by atoms with Crippen LogP contribution in [-0.4, -0.2) is 108 Å². The van der Waals surface area contributed by atoms with Gasteiger partial charge in [0.2, 0.25) is 11.0 Å². The molecule has 0 unspecified atom stereocenters. The van der Waals surface area contributed by atoms with Gasteiger partial charge in [-0.15, -0.1) is 37.3 Å². The van der Waals surface area contributed by atoms with Crippen molar-refractivity contribution in [3.8, 4) is 17.7 Å². The Bertz CT molecular complexity index is 4560. The second kappa shape index (κ2) is 21.7. The zero-order chi connectivity index (χ0) is 56.9. The SMILES string of the molecule is Cc1cc(N=Nc2cc(OCCCS(=O)(=O)O)c(N=Nc3c(C)c(C#N)c4nc5ccccc5n4c3O)cc2C)c(SCCCS(=O)(=O)O)cc1N=Nc1nc2c(S(=O)(=O)O)cc3c(S(=O)(=O)O)cc(S(=O)(=O)O)cc3c2s1. The quantitative estimate of drug-likeness (QED) is 0.0190. The number of hydrogen-bond acceptors (Lipinski definition) is 23. The third-order valence-corrected chi connectivity index (χ3v) is 17.6. The molecule has 8 rings (SSSR count). The molecule has 27 nitrogen and oxygen atoms in total. The second-order valence-electron chi connectivity index (χ2n) is 16.8. The highest BCUT2D eigenvalue weighted by atomic mass is 32.2. The van der Waals surface area contributed by atoms with Crippen molar-refractivity contribution in [2.75, 3.05) is 23.9 Å². The number of fused-ring (bicyclic) bond motifs is 6. The molecule has 0 aliphatic rings. The van der Waals surface area contributed by atoms with Gasteiger partial charge in [0.05, 0.1) is 55.8 Å². The molecule has 0 atom stereocenters. The van der Waals surface area contributed by atoms with E-state index >= 15 is 0 Å². The van der Waals surface area contributed by atoms with Crippen LogP contribution in [-0.2, 0) is 50.6 Å². The van der Waals surface area contributed by atoms with Crippen molar-refractivity contribution in [3.05, 3.63) is 89.0 Å². The number of pyridine rings is 1. The predicted octanol–water partition coefficient (Wildman–Crippen LogP) is 9.77. The van der Waals surface area contributed by atoms with E-state index in [2.05, 4.69) is 46.7 Å². The molecule has 5 aromatic carbocycles. The van der Waals surface area contributed by atoms with Gasteiger partial charge in [0.1, 0.15) is 38.4 Å². The van der Waals surface area contributed by atoms with Crippen LogP contribution in [0.15, 0.2) is 117 Å². The lowest BCUT2D eigenvalue weighted by molar-refractivity contribution is 0.317. The summed E-state index contributed by atoms with van der Waals surface area (Å²) < 4.78 is 176. The third-order valence-electron chi connectivity index (χ3n) is 11.3. The van der Waals surface area contributed by atoms with Crippen LogP contribution in [0.3, 0.4) is 0 Å². The lowest BCUT2D eigenvalue weighted by Crippen LogP contribution is -2.08. The lowest BCUT2D eigenvalue weighted by atomic mass is 10.1. The number of aryl methyl sites for hydroxylation is 2. The van der Waals surface area contributed by atoms with Gasteiger partial charge in [-0.1, -0.05) is 23.5 Å². The number of benzene rings is 5. The topological polar surface area (TPSA) is 429 Å². The van der Waals surface area contributed by atoms with Gasteiger partial charge in [-0.05, 0) is 99.0 Å². The molecule has 34 heteroatoms. The van der Waals surface area contributed by atoms with Crippen LogP contribution < -0.4 is 4.74 Å². The number of thiazole rings is 1. The number of hydrogen-bond donors (Lipinski definition) is 6. The van der Waals surface area contributed by atoms with Crippen LogP contribution in [0, 0.1) is 32.1 Å². The van der Waals surface area contributed by atoms with Crippen LogP contribution in [0.4, 0.5) is 33.6 Å². The number of thioether (sulfide) groups is 1. The van der Waals surface area contributed by atoms with Crippen molar-refractivity contribution in [2.45, 2.75) is 53.2 Å². The summed E-state index contributed by atoms with van der Waals surface area (Å²) in [6.45, 7) is 4.53. The monoisotopic (exact) mass is 1200 g/mol. The van der Waals surface area contributed by atoms with Crippen LogP contribution in [0.5, 0.6) is 11.6 Å². The molecule has 3 heterocycles. The maximum Gasteiger partial charge on any atom is 0.296 e. The van der Waals surface area contributed by atoms with Gasteiger partial charge in [0.15, 0.2) is 11.3 Å². The van der Waals surface area contributed by atoms with E-state index in [9.17, 15) is 75.2 Å². The van der Waals surface area contributed by atoms with Crippen LogP contribution in [0.25, 0.3) is 37.7 Å². The summed E-state index contributed by atoms with van der Waals surface area (Å²) in [5.74, 6) is -1.51. The second-order valence-corrected chi connectivity index (χ2v) is 26.3. The summed E-state index contributed by atoms with van der Waals surface area (Å²) in [4.78, 5) is 5.92. The van der Waals surface area contributed by atoms with Crippen LogP contribution in [0.2, 0.25) is 0 Å². The molecular weight excluding hydrogens is 1170 g/mol.